The fourth-order valence-electron chi connectivity index (χ4n) is 3.90. The molecule has 3 heterocycles. The number of fused-ring (bicyclic) bond motifs is 3. The van der Waals surface area contributed by atoms with Crippen molar-refractivity contribution in [2.24, 2.45) is 0 Å². The van der Waals surface area contributed by atoms with Gasteiger partial charge in [0.1, 0.15) is 11.9 Å². The summed E-state index contributed by atoms with van der Waals surface area (Å²) in [7, 11) is 0. The summed E-state index contributed by atoms with van der Waals surface area (Å²) in [6, 6.07) is 0. The van der Waals surface area contributed by atoms with Gasteiger partial charge in [-0.3, -0.25) is 4.68 Å². The third-order valence-corrected chi connectivity index (χ3v) is 5.17. The van der Waals surface area contributed by atoms with Crippen LogP contribution in [0.2, 0.25) is 0 Å². The molecule has 0 aromatic carbocycles. The molecule has 7 heteroatoms. The predicted octanol–water partition coefficient (Wildman–Crippen LogP) is 2.23. The largest absolute Gasteiger partial charge is 0.475 e. The summed E-state index contributed by atoms with van der Waals surface area (Å²) in [5, 5.41) is 14.3. The average molecular weight is 344 g/mol. The summed E-state index contributed by atoms with van der Waals surface area (Å²) in [5.41, 5.74) is 3.83. The molecule has 25 heavy (non-hydrogen) atoms. The summed E-state index contributed by atoms with van der Waals surface area (Å²) in [6.45, 7) is 2.49. The molecule has 5 rings (SSSR count). The predicted molar refractivity (Wildman–Crippen MR) is 86.8 cm³/mol. The van der Waals surface area contributed by atoms with Crippen molar-refractivity contribution in [3.63, 3.8) is 0 Å². The first-order valence-electron chi connectivity index (χ1n) is 8.85. The summed E-state index contributed by atoms with van der Waals surface area (Å²) in [6.07, 6.45) is 5.66. The third-order valence-electron chi connectivity index (χ3n) is 5.17. The molecule has 3 aliphatic rings. The van der Waals surface area contributed by atoms with Crippen LogP contribution in [0, 0.1) is 0 Å². The number of ether oxygens (including phenoxy) is 2. The molecule has 1 aliphatic heterocycles. The molecule has 7 nitrogen and oxygen atoms in total. The standard InChI is InChI=1S/C18H20N2O5/c21-18(22)17-14(10-1-2-10)15-13(25-17)4-3-11-7-20(19-16(11)15)8-12-9-23-5-6-24-12/h7,10,12H,1-6,8-9H2,(H,21,22)/t12-/m0/s1. The minimum Gasteiger partial charge on any atom is -0.475 e. The van der Waals surface area contributed by atoms with Gasteiger partial charge in [0.25, 0.3) is 0 Å². The van der Waals surface area contributed by atoms with Crippen LogP contribution in [0.15, 0.2) is 10.6 Å². The van der Waals surface area contributed by atoms with Gasteiger partial charge in [0, 0.05) is 23.7 Å². The van der Waals surface area contributed by atoms with Gasteiger partial charge in [-0.1, -0.05) is 0 Å². The zero-order chi connectivity index (χ0) is 17.0. The Hall–Kier alpha value is -2.12. The van der Waals surface area contributed by atoms with Crippen LogP contribution < -0.4 is 0 Å². The van der Waals surface area contributed by atoms with Gasteiger partial charge in [-0.05, 0) is 30.7 Å². The van der Waals surface area contributed by atoms with E-state index in [2.05, 4.69) is 6.20 Å². The quantitative estimate of drug-likeness (QED) is 0.915. The highest BCUT2D eigenvalue weighted by Crippen LogP contribution is 2.50. The number of aryl methyl sites for hydroxylation is 2. The lowest BCUT2D eigenvalue weighted by Crippen LogP contribution is -2.32. The molecule has 1 atom stereocenters. The SMILES string of the molecule is O=C(O)c1oc2c(c1C1CC1)-c1nn(C[C@H]3COCCO3)cc1CC2. The normalized spacial score (nSPS) is 22.5. The van der Waals surface area contributed by atoms with Crippen molar-refractivity contribution in [1.29, 1.82) is 0 Å². The molecule has 2 fully saturated rings. The van der Waals surface area contributed by atoms with Crippen molar-refractivity contribution >= 4 is 5.97 Å². The monoisotopic (exact) mass is 344 g/mol. The van der Waals surface area contributed by atoms with Gasteiger partial charge >= 0.3 is 5.97 Å². The molecule has 0 unspecified atom stereocenters. The highest BCUT2D eigenvalue weighted by atomic mass is 16.6. The fourth-order valence-corrected chi connectivity index (χ4v) is 3.90. The first-order valence-corrected chi connectivity index (χ1v) is 8.85. The Kier molecular flexibility index (Phi) is 3.46. The molecule has 0 spiro atoms. The van der Waals surface area contributed by atoms with Crippen molar-refractivity contribution in [3.05, 3.63) is 28.8 Å². The van der Waals surface area contributed by atoms with Crippen molar-refractivity contribution in [1.82, 2.24) is 9.78 Å². The van der Waals surface area contributed by atoms with Crippen LogP contribution in [0.5, 0.6) is 0 Å². The molecule has 0 radical (unpaired) electrons. The van der Waals surface area contributed by atoms with Crippen LogP contribution in [0.3, 0.4) is 0 Å². The molecular formula is C18H20N2O5. The van der Waals surface area contributed by atoms with E-state index in [9.17, 15) is 9.90 Å². The summed E-state index contributed by atoms with van der Waals surface area (Å²) in [4.78, 5) is 11.6. The number of hydrogen-bond donors (Lipinski definition) is 1. The van der Waals surface area contributed by atoms with Crippen molar-refractivity contribution in [2.45, 2.75) is 44.2 Å². The molecule has 0 amide bonds. The lowest BCUT2D eigenvalue weighted by Gasteiger charge is -2.22. The van der Waals surface area contributed by atoms with Crippen LogP contribution in [0.1, 0.15) is 46.2 Å². The molecule has 0 bridgehead atoms. The molecule has 1 saturated carbocycles. The average Bonchev–Trinajstić information content (AvgIpc) is 3.24. The zero-order valence-electron chi connectivity index (χ0n) is 13.9. The van der Waals surface area contributed by atoms with Crippen LogP contribution in [0.4, 0.5) is 0 Å². The van der Waals surface area contributed by atoms with E-state index in [1.165, 1.54) is 0 Å². The Morgan fingerprint density at radius 1 is 1.32 bits per heavy atom. The van der Waals surface area contributed by atoms with E-state index in [1.807, 2.05) is 4.68 Å². The number of carbonyl (C=O) groups is 1. The third kappa shape index (κ3) is 2.58. The second-order valence-electron chi connectivity index (χ2n) is 7.02. The number of aromatic carboxylic acids is 1. The van der Waals surface area contributed by atoms with E-state index < -0.39 is 5.97 Å². The maximum Gasteiger partial charge on any atom is 0.372 e. The van der Waals surface area contributed by atoms with Crippen molar-refractivity contribution in [3.8, 4) is 11.3 Å². The van der Waals surface area contributed by atoms with Gasteiger partial charge in [-0.25, -0.2) is 4.79 Å². The molecule has 2 aromatic rings. The van der Waals surface area contributed by atoms with E-state index in [1.54, 1.807) is 0 Å². The van der Waals surface area contributed by atoms with Crippen LogP contribution >= 0.6 is 0 Å². The maximum absolute atomic E-state index is 11.6. The minimum absolute atomic E-state index is 0.0106. The summed E-state index contributed by atoms with van der Waals surface area (Å²) >= 11 is 0. The first-order chi connectivity index (χ1) is 12.2. The van der Waals surface area contributed by atoms with Crippen molar-refractivity contribution in [2.75, 3.05) is 19.8 Å². The zero-order valence-corrected chi connectivity index (χ0v) is 13.9. The number of carboxylic acids is 1. The minimum atomic E-state index is -0.981. The van der Waals surface area contributed by atoms with Gasteiger partial charge in [0.15, 0.2) is 0 Å². The van der Waals surface area contributed by atoms with Gasteiger partial charge in [0.2, 0.25) is 5.76 Å². The lowest BCUT2D eigenvalue weighted by atomic mass is 9.91. The number of carboxylic acid groups (broad SMARTS) is 1. The Bertz CT molecular complexity index is 827. The molecule has 2 aliphatic carbocycles. The Labute approximate surface area is 144 Å². The van der Waals surface area contributed by atoms with Gasteiger partial charge < -0.3 is 19.0 Å². The second-order valence-corrected chi connectivity index (χ2v) is 7.02. The highest BCUT2D eigenvalue weighted by Gasteiger charge is 2.39. The fraction of sp³-hybridized carbons (Fsp3) is 0.556. The van der Waals surface area contributed by atoms with Crippen LogP contribution in [-0.4, -0.2) is 46.8 Å². The van der Waals surface area contributed by atoms with Gasteiger partial charge in [0.05, 0.1) is 32.1 Å². The Balaban J connectivity index is 1.52. The summed E-state index contributed by atoms with van der Waals surface area (Å²) in [5.74, 6) is 0.197. The van der Waals surface area contributed by atoms with Gasteiger partial charge in [-0.15, -0.1) is 0 Å². The summed E-state index contributed by atoms with van der Waals surface area (Å²) < 4.78 is 18.8. The lowest BCUT2D eigenvalue weighted by molar-refractivity contribution is -0.0946. The maximum atomic E-state index is 11.6. The molecule has 132 valence electrons. The van der Waals surface area contributed by atoms with E-state index in [0.29, 0.717) is 32.3 Å². The number of nitrogens with zero attached hydrogens (tertiary/aromatic N) is 2. The smallest absolute Gasteiger partial charge is 0.372 e. The number of hydrogen-bond acceptors (Lipinski definition) is 5. The van der Waals surface area contributed by atoms with E-state index in [4.69, 9.17) is 19.0 Å². The topological polar surface area (TPSA) is 86.7 Å². The van der Waals surface area contributed by atoms with Crippen LogP contribution in [-0.2, 0) is 28.9 Å². The molecular weight excluding hydrogens is 324 g/mol. The number of furan rings is 1. The molecule has 1 N–H and O–H groups in total. The Morgan fingerprint density at radius 2 is 2.20 bits per heavy atom. The van der Waals surface area contributed by atoms with E-state index in [0.717, 1.165) is 53.8 Å². The molecule has 1 saturated heterocycles. The Morgan fingerprint density at radius 3 is 2.92 bits per heavy atom. The highest BCUT2D eigenvalue weighted by molar-refractivity contribution is 5.91. The first kappa shape index (κ1) is 15.2. The second kappa shape index (κ2) is 5.71. The van der Waals surface area contributed by atoms with E-state index >= 15 is 0 Å². The molecule has 2 aromatic heterocycles. The van der Waals surface area contributed by atoms with Crippen molar-refractivity contribution < 1.29 is 23.8 Å². The number of rotatable bonds is 4. The van der Waals surface area contributed by atoms with Gasteiger partial charge in [-0.2, -0.15) is 5.10 Å². The van der Waals surface area contributed by atoms with Crippen LogP contribution in [0.25, 0.3) is 11.3 Å². The van der Waals surface area contributed by atoms with E-state index in [-0.39, 0.29) is 11.9 Å². The number of aromatic nitrogens is 2.